The highest BCUT2D eigenvalue weighted by atomic mass is 16.6. The fraction of sp³-hybridized carbons (Fsp3) is 0.474. The van der Waals surface area contributed by atoms with Crippen LogP contribution in [0.25, 0.3) is 10.9 Å². The quantitative estimate of drug-likeness (QED) is 0.857. The van der Waals surface area contributed by atoms with Gasteiger partial charge in [-0.3, -0.25) is 4.79 Å². The molecule has 0 N–H and O–H groups in total. The van der Waals surface area contributed by atoms with Crippen molar-refractivity contribution in [2.24, 2.45) is 0 Å². The van der Waals surface area contributed by atoms with E-state index in [0.29, 0.717) is 45.8 Å². The van der Waals surface area contributed by atoms with E-state index in [4.69, 9.17) is 4.74 Å². The molecule has 0 spiro atoms. The van der Waals surface area contributed by atoms with E-state index in [9.17, 15) is 9.59 Å². The van der Waals surface area contributed by atoms with Crippen LogP contribution in [0.2, 0.25) is 0 Å². The van der Waals surface area contributed by atoms with Crippen molar-refractivity contribution in [2.75, 3.05) is 32.8 Å². The third kappa shape index (κ3) is 3.78. The molecule has 0 unspecified atom stereocenters. The molecule has 1 saturated heterocycles. The van der Waals surface area contributed by atoms with E-state index in [0.717, 1.165) is 0 Å². The van der Waals surface area contributed by atoms with Crippen LogP contribution in [0, 0.1) is 6.92 Å². The topological polar surface area (TPSA) is 54.8 Å². The van der Waals surface area contributed by atoms with Gasteiger partial charge in [-0.2, -0.15) is 0 Å². The van der Waals surface area contributed by atoms with E-state index in [2.05, 4.69) is 29.7 Å². The second-order valence-electron chi connectivity index (χ2n) is 6.33. The Labute approximate surface area is 147 Å². The lowest BCUT2D eigenvalue weighted by atomic mass is 10.1. The van der Waals surface area contributed by atoms with Crippen LogP contribution in [0.3, 0.4) is 0 Å². The number of nitrogens with zero attached hydrogens (tertiary/aromatic N) is 3. The lowest BCUT2D eigenvalue weighted by Crippen LogP contribution is -2.50. The molecule has 2 aromatic rings. The number of rotatable bonds is 4. The lowest BCUT2D eigenvalue weighted by Gasteiger charge is -2.34. The van der Waals surface area contributed by atoms with E-state index >= 15 is 0 Å². The summed E-state index contributed by atoms with van der Waals surface area (Å²) in [7, 11) is 0. The van der Waals surface area contributed by atoms with Crippen LogP contribution in [-0.2, 0) is 16.1 Å². The number of hydrogen-bond donors (Lipinski definition) is 0. The molecular formula is C19H25N3O3. The van der Waals surface area contributed by atoms with Crippen molar-refractivity contribution >= 4 is 22.9 Å². The standard InChI is InChI=1S/C19H25N3O3/c1-3-25-19(24)22-13-11-21(12-14-22)18(23)8-10-20-9-7-16-15(2)5-4-6-17(16)20/h4-7,9H,3,8,10-14H2,1-2H3. The average molecular weight is 343 g/mol. The molecule has 134 valence electrons. The van der Waals surface area contributed by atoms with Gasteiger partial charge < -0.3 is 19.1 Å². The number of fused-ring (bicyclic) bond motifs is 1. The van der Waals surface area contributed by atoms with Crippen LogP contribution in [-0.4, -0.2) is 59.2 Å². The Morgan fingerprint density at radius 3 is 2.52 bits per heavy atom. The summed E-state index contributed by atoms with van der Waals surface area (Å²) >= 11 is 0. The van der Waals surface area contributed by atoms with Gasteiger partial charge in [0.25, 0.3) is 0 Å². The van der Waals surface area contributed by atoms with Crippen molar-refractivity contribution < 1.29 is 14.3 Å². The van der Waals surface area contributed by atoms with Gasteiger partial charge in [-0.25, -0.2) is 4.79 Å². The largest absolute Gasteiger partial charge is 0.450 e. The van der Waals surface area contributed by atoms with Gasteiger partial charge in [-0.1, -0.05) is 12.1 Å². The van der Waals surface area contributed by atoms with Gasteiger partial charge in [0, 0.05) is 56.2 Å². The Bertz CT molecular complexity index is 760. The molecule has 6 nitrogen and oxygen atoms in total. The van der Waals surface area contributed by atoms with Crippen molar-refractivity contribution in [1.82, 2.24) is 14.4 Å². The summed E-state index contributed by atoms with van der Waals surface area (Å²) in [5, 5.41) is 1.23. The fourth-order valence-corrected chi connectivity index (χ4v) is 3.30. The Kier molecular flexibility index (Phi) is 5.26. The number of ether oxygens (including phenoxy) is 1. The molecule has 25 heavy (non-hydrogen) atoms. The van der Waals surface area contributed by atoms with E-state index in [-0.39, 0.29) is 12.0 Å². The number of hydrogen-bond acceptors (Lipinski definition) is 3. The highest BCUT2D eigenvalue weighted by Gasteiger charge is 2.24. The first-order chi connectivity index (χ1) is 12.1. The van der Waals surface area contributed by atoms with Gasteiger partial charge in [-0.05, 0) is 31.5 Å². The summed E-state index contributed by atoms with van der Waals surface area (Å²) in [5.74, 6) is 0.137. The smallest absolute Gasteiger partial charge is 0.409 e. The van der Waals surface area contributed by atoms with Crippen LogP contribution in [0.15, 0.2) is 30.5 Å². The second-order valence-corrected chi connectivity index (χ2v) is 6.33. The first kappa shape index (κ1) is 17.3. The van der Waals surface area contributed by atoms with Gasteiger partial charge in [-0.15, -0.1) is 0 Å². The summed E-state index contributed by atoms with van der Waals surface area (Å²) in [6.45, 7) is 7.16. The maximum atomic E-state index is 12.5. The maximum Gasteiger partial charge on any atom is 0.409 e. The minimum absolute atomic E-state index is 0.137. The summed E-state index contributed by atoms with van der Waals surface area (Å²) in [6, 6.07) is 8.34. The van der Waals surface area contributed by atoms with Crippen LogP contribution in [0.5, 0.6) is 0 Å². The number of carbonyl (C=O) groups excluding carboxylic acids is 2. The molecule has 1 aromatic heterocycles. The molecule has 3 rings (SSSR count). The average Bonchev–Trinajstić information content (AvgIpc) is 3.04. The number of amides is 2. The monoisotopic (exact) mass is 343 g/mol. The Morgan fingerprint density at radius 1 is 1.08 bits per heavy atom. The Balaban J connectivity index is 1.53. The van der Waals surface area contributed by atoms with E-state index in [1.54, 1.807) is 11.8 Å². The third-order valence-corrected chi connectivity index (χ3v) is 4.76. The summed E-state index contributed by atoms with van der Waals surface area (Å²) < 4.78 is 7.14. The van der Waals surface area contributed by atoms with Gasteiger partial charge in [0.05, 0.1) is 6.61 Å². The molecule has 0 saturated carbocycles. The number of aromatic nitrogens is 1. The number of aryl methyl sites for hydroxylation is 2. The molecule has 2 heterocycles. The van der Waals surface area contributed by atoms with Crippen LogP contribution in [0.4, 0.5) is 4.79 Å². The number of piperazine rings is 1. The maximum absolute atomic E-state index is 12.5. The SMILES string of the molecule is CCOC(=O)N1CCN(C(=O)CCn2ccc3c(C)cccc32)CC1. The minimum Gasteiger partial charge on any atom is -0.450 e. The minimum atomic E-state index is -0.288. The zero-order valence-electron chi connectivity index (χ0n) is 14.9. The molecule has 1 aromatic carbocycles. The molecular weight excluding hydrogens is 318 g/mol. The molecule has 1 aliphatic heterocycles. The Morgan fingerprint density at radius 2 is 1.80 bits per heavy atom. The Hall–Kier alpha value is -2.50. The predicted molar refractivity (Wildman–Crippen MR) is 96.5 cm³/mol. The summed E-state index contributed by atoms with van der Waals surface area (Å²) in [5.41, 5.74) is 2.41. The number of carbonyl (C=O) groups is 2. The highest BCUT2D eigenvalue weighted by Crippen LogP contribution is 2.20. The molecule has 0 bridgehead atoms. The lowest BCUT2D eigenvalue weighted by molar-refractivity contribution is -0.133. The van der Waals surface area contributed by atoms with E-state index < -0.39 is 0 Å². The molecule has 2 amide bonds. The molecule has 1 fully saturated rings. The van der Waals surface area contributed by atoms with Gasteiger partial charge in [0.1, 0.15) is 0 Å². The van der Waals surface area contributed by atoms with Gasteiger partial charge in [0.15, 0.2) is 0 Å². The zero-order valence-corrected chi connectivity index (χ0v) is 14.9. The van der Waals surface area contributed by atoms with Gasteiger partial charge >= 0.3 is 6.09 Å². The van der Waals surface area contributed by atoms with Crippen LogP contribution < -0.4 is 0 Å². The zero-order chi connectivity index (χ0) is 17.8. The van der Waals surface area contributed by atoms with Crippen molar-refractivity contribution in [3.8, 4) is 0 Å². The predicted octanol–water partition coefficient (Wildman–Crippen LogP) is 2.64. The number of benzene rings is 1. The van der Waals surface area contributed by atoms with E-state index in [1.165, 1.54) is 16.5 Å². The second kappa shape index (κ2) is 7.59. The van der Waals surface area contributed by atoms with Crippen LogP contribution >= 0.6 is 0 Å². The van der Waals surface area contributed by atoms with Gasteiger partial charge in [0.2, 0.25) is 5.91 Å². The van der Waals surface area contributed by atoms with Crippen LogP contribution in [0.1, 0.15) is 18.9 Å². The summed E-state index contributed by atoms with van der Waals surface area (Å²) in [4.78, 5) is 27.7. The first-order valence-electron chi connectivity index (χ1n) is 8.84. The first-order valence-corrected chi connectivity index (χ1v) is 8.84. The molecule has 0 aliphatic carbocycles. The molecule has 0 atom stereocenters. The van der Waals surface area contributed by atoms with Crippen molar-refractivity contribution in [2.45, 2.75) is 26.8 Å². The fourth-order valence-electron chi connectivity index (χ4n) is 3.30. The third-order valence-electron chi connectivity index (χ3n) is 4.76. The van der Waals surface area contributed by atoms with E-state index in [1.807, 2.05) is 17.2 Å². The summed E-state index contributed by atoms with van der Waals surface area (Å²) in [6.07, 6.45) is 2.23. The van der Waals surface area contributed by atoms with Crippen molar-refractivity contribution in [1.29, 1.82) is 0 Å². The molecule has 1 aliphatic rings. The molecule has 0 radical (unpaired) electrons. The normalized spacial score (nSPS) is 14.8. The molecule has 6 heteroatoms. The highest BCUT2D eigenvalue weighted by molar-refractivity contribution is 5.83. The van der Waals surface area contributed by atoms with Crippen molar-refractivity contribution in [3.05, 3.63) is 36.0 Å². The van der Waals surface area contributed by atoms with Crippen molar-refractivity contribution in [3.63, 3.8) is 0 Å².